The maximum Gasteiger partial charge on any atom is 0.152 e. The van der Waals surface area contributed by atoms with Gasteiger partial charge in [-0.3, -0.25) is 4.79 Å². The Kier molecular flexibility index (Phi) is 3.30. The third kappa shape index (κ3) is 2.21. The van der Waals surface area contributed by atoms with E-state index in [2.05, 4.69) is 4.37 Å². The molecular weight excluding hydrogens is 194 g/mol. The number of carbonyl (C=O) groups excluding carboxylic acids is 1. The van der Waals surface area contributed by atoms with E-state index in [1.165, 1.54) is 48.5 Å². The minimum atomic E-state index is 0.794. The van der Waals surface area contributed by atoms with Gasteiger partial charge in [-0.05, 0) is 23.9 Å². The van der Waals surface area contributed by atoms with Crippen molar-refractivity contribution in [2.75, 3.05) is 0 Å². The zero-order valence-corrected chi connectivity index (χ0v) is 9.05. The molecule has 14 heavy (non-hydrogen) atoms. The van der Waals surface area contributed by atoms with Crippen LogP contribution in [0.4, 0.5) is 0 Å². The summed E-state index contributed by atoms with van der Waals surface area (Å²) in [6, 6.07) is 0. The SMILES string of the molecule is O=Cc1cnsc1CC1CCCCC1. The number of hydrogen-bond acceptors (Lipinski definition) is 3. The summed E-state index contributed by atoms with van der Waals surface area (Å²) >= 11 is 1.49. The van der Waals surface area contributed by atoms with E-state index in [0.29, 0.717) is 0 Å². The van der Waals surface area contributed by atoms with Gasteiger partial charge in [0.2, 0.25) is 0 Å². The lowest BCUT2D eigenvalue weighted by Crippen LogP contribution is -2.09. The van der Waals surface area contributed by atoms with Crippen LogP contribution in [0.3, 0.4) is 0 Å². The molecule has 1 aliphatic carbocycles. The predicted molar refractivity (Wildman–Crippen MR) is 57.8 cm³/mol. The van der Waals surface area contributed by atoms with Crippen molar-refractivity contribution >= 4 is 17.8 Å². The van der Waals surface area contributed by atoms with Crippen molar-refractivity contribution in [2.24, 2.45) is 5.92 Å². The second-order valence-electron chi connectivity index (χ2n) is 4.03. The first-order valence-electron chi connectivity index (χ1n) is 5.29. The Labute approximate surface area is 88.5 Å². The monoisotopic (exact) mass is 209 g/mol. The Bertz CT molecular complexity index is 302. The van der Waals surface area contributed by atoms with Crippen LogP contribution >= 0.6 is 11.5 Å². The fourth-order valence-electron chi connectivity index (χ4n) is 2.18. The van der Waals surface area contributed by atoms with Crippen molar-refractivity contribution < 1.29 is 4.79 Å². The van der Waals surface area contributed by atoms with Crippen molar-refractivity contribution in [2.45, 2.75) is 38.5 Å². The summed E-state index contributed by atoms with van der Waals surface area (Å²) in [5.41, 5.74) is 0.806. The van der Waals surface area contributed by atoms with Crippen LogP contribution in [-0.2, 0) is 6.42 Å². The molecule has 0 aliphatic heterocycles. The Hall–Kier alpha value is -0.700. The largest absolute Gasteiger partial charge is 0.298 e. The van der Waals surface area contributed by atoms with Gasteiger partial charge in [0.05, 0.1) is 6.20 Å². The molecule has 3 heteroatoms. The van der Waals surface area contributed by atoms with Crippen LogP contribution in [0.5, 0.6) is 0 Å². The third-order valence-corrected chi connectivity index (χ3v) is 3.84. The highest BCUT2D eigenvalue weighted by molar-refractivity contribution is 7.06. The lowest BCUT2D eigenvalue weighted by molar-refractivity contribution is 0.112. The van der Waals surface area contributed by atoms with E-state index < -0.39 is 0 Å². The first-order chi connectivity index (χ1) is 6.90. The Morgan fingerprint density at radius 2 is 2.21 bits per heavy atom. The quantitative estimate of drug-likeness (QED) is 0.716. The molecule has 1 fully saturated rings. The predicted octanol–water partition coefficient (Wildman–Crippen LogP) is 3.08. The first-order valence-corrected chi connectivity index (χ1v) is 6.06. The molecule has 2 nitrogen and oxygen atoms in total. The van der Waals surface area contributed by atoms with Gasteiger partial charge in [-0.1, -0.05) is 32.1 Å². The Balaban J connectivity index is 1.98. The molecule has 0 saturated heterocycles. The van der Waals surface area contributed by atoms with Crippen molar-refractivity contribution in [3.8, 4) is 0 Å². The molecular formula is C11H15NOS. The molecule has 1 saturated carbocycles. The summed E-state index contributed by atoms with van der Waals surface area (Å²) in [6.45, 7) is 0. The maximum absolute atomic E-state index is 10.7. The molecule has 1 heterocycles. The van der Waals surface area contributed by atoms with E-state index in [9.17, 15) is 4.79 Å². The number of nitrogens with zero attached hydrogens (tertiary/aromatic N) is 1. The summed E-state index contributed by atoms with van der Waals surface area (Å²) in [4.78, 5) is 11.9. The summed E-state index contributed by atoms with van der Waals surface area (Å²) in [7, 11) is 0. The Morgan fingerprint density at radius 3 is 2.93 bits per heavy atom. The highest BCUT2D eigenvalue weighted by atomic mass is 32.1. The van der Waals surface area contributed by atoms with Crippen molar-refractivity contribution in [3.63, 3.8) is 0 Å². The lowest BCUT2D eigenvalue weighted by atomic mass is 9.86. The van der Waals surface area contributed by atoms with Gasteiger partial charge in [0.1, 0.15) is 0 Å². The second kappa shape index (κ2) is 4.69. The summed E-state index contributed by atoms with van der Waals surface area (Å²) in [6.07, 6.45) is 10.5. The van der Waals surface area contributed by atoms with Crippen molar-refractivity contribution in [1.82, 2.24) is 4.37 Å². The van der Waals surface area contributed by atoms with Crippen LogP contribution in [-0.4, -0.2) is 10.7 Å². The van der Waals surface area contributed by atoms with Crippen LogP contribution in [0.15, 0.2) is 6.20 Å². The summed E-state index contributed by atoms with van der Waals surface area (Å²) in [5.74, 6) is 0.794. The van der Waals surface area contributed by atoms with E-state index in [1.807, 2.05) is 0 Å². The van der Waals surface area contributed by atoms with Crippen LogP contribution < -0.4 is 0 Å². The lowest BCUT2D eigenvalue weighted by Gasteiger charge is -2.20. The molecule has 76 valence electrons. The normalized spacial score (nSPS) is 18.3. The van der Waals surface area contributed by atoms with Gasteiger partial charge >= 0.3 is 0 Å². The zero-order valence-electron chi connectivity index (χ0n) is 8.24. The van der Waals surface area contributed by atoms with Crippen molar-refractivity contribution in [3.05, 3.63) is 16.6 Å². The van der Waals surface area contributed by atoms with Gasteiger partial charge in [-0.25, -0.2) is 4.37 Å². The molecule has 0 radical (unpaired) electrons. The van der Waals surface area contributed by atoms with Gasteiger partial charge in [0.15, 0.2) is 6.29 Å². The molecule has 0 unspecified atom stereocenters. The highest BCUT2D eigenvalue weighted by Crippen LogP contribution is 2.28. The third-order valence-electron chi connectivity index (χ3n) is 3.00. The van der Waals surface area contributed by atoms with Crippen LogP contribution in [0.1, 0.15) is 47.3 Å². The van der Waals surface area contributed by atoms with Gasteiger partial charge in [-0.15, -0.1) is 0 Å². The standard InChI is InChI=1S/C11H15NOS/c13-8-10-7-12-14-11(10)6-9-4-2-1-3-5-9/h7-9H,1-6H2. The average Bonchev–Trinajstić information content (AvgIpc) is 2.67. The highest BCUT2D eigenvalue weighted by Gasteiger charge is 2.16. The molecule has 0 bridgehead atoms. The summed E-state index contributed by atoms with van der Waals surface area (Å²) < 4.78 is 4.07. The molecule has 0 N–H and O–H groups in total. The van der Waals surface area contributed by atoms with Gasteiger partial charge in [0.25, 0.3) is 0 Å². The molecule has 1 aromatic rings. The molecule has 0 spiro atoms. The fourth-order valence-corrected chi connectivity index (χ4v) is 2.99. The van der Waals surface area contributed by atoms with E-state index >= 15 is 0 Å². The molecule has 1 aliphatic rings. The number of carbonyl (C=O) groups is 1. The molecule has 0 aromatic carbocycles. The second-order valence-corrected chi connectivity index (χ2v) is 4.92. The molecule has 2 rings (SSSR count). The first kappa shape index (κ1) is 9.84. The minimum Gasteiger partial charge on any atom is -0.298 e. The number of aromatic nitrogens is 1. The summed E-state index contributed by atoms with van der Waals surface area (Å²) in [5, 5.41) is 0. The average molecular weight is 209 g/mol. The topological polar surface area (TPSA) is 30.0 Å². The van der Waals surface area contributed by atoms with E-state index in [-0.39, 0.29) is 0 Å². The van der Waals surface area contributed by atoms with Crippen LogP contribution in [0.2, 0.25) is 0 Å². The molecule has 0 amide bonds. The number of rotatable bonds is 3. The smallest absolute Gasteiger partial charge is 0.152 e. The number of hydrogen-bond donors (Lipinski definition) is 0. The minimum absolute atomic E-state index is 0.794. The maximum atomic E-state index is 10.7. The van der Waals surface area contributed by atoms with E-state index in [4.69, 9.17) is 0 Å². The zero-order chi connectivity index (χ0) is 9.80. The van der Waals surface area contributed by atoms with E-state index in [0.717, 1.165) is 24.2 Å². The van der Waals surface area contributed by atoms with Gasteiger partial charge in [0, 0.05) is 10.4 Å². The fraction of sp³-hybridized carbons (Fsp3) is 0.636. The molecule has 0 atom stereocenters. The number of aldehydes is 1. The Morgan fingerprint density at radius 1 is 1.43 bits per heavy atom. The van der Waals surface area contributed by atoms with Crippen LogP contribution in [0, 0.1) is 5.92 Å². The van der Waals surface area contributed by atoms with Gasteiger partial charge < -0.3 is 0 Å². The van der Waals surface area contributed by atoms with E-state index in [1.54, 1.807) is 6.20 Å². The van der Waals surface area contributed by atoms with Crippen LogP contribution in [0.25, 0.3) is 0 Å². The van der Waals surface area contributed by atoms with Gasteiger partial charge in [-0.2, -0.15) is 0 Å². The molecule has 1 aromatic heterocycles. The van der Waals surface area contributed by atoms with Crippen molar-refractivity contribution in [1.29, 1.82) is 0 Å².